The fraction of sp³-hybridized carbons (Fsp3) is 0.176. The molecule has 0 heterocycles. The molecule has 2 rings (SSSR count). The van der Waals surface area contributed by atoms with Crippen LogP contribution in [0.4, 0.5) is 10.5 Å². The Bertz CT molecular complexity index is 687. The van der Waals surface area contributed by atoms with E-state index in [0.717, 1.165) is 0 Å². The van der Waals surface area contributed by atoms with Crippen LogP contribution < -0.4 is 15.4 Å². The maximum atomic E-state index is 11.8. The van der Waals surface area contributed by atoms with Crippen molar-refractivity contribution >= 4 is 29.3 Å². The van der Waals surface area contributed by atoms with Gasteiger partial charge in [0.2, 0.25) is 0 Å². The number of hydrogen-bond acceptors (Lipinski definition) is 4. The summed E-state index contributed by atoms with van der Waals surface area (Å²) in [5.74, 6) is 0.255. The first-order chi connectivity index (χ1) is 11.6. The Hall–Kier alpha value is -2.73. The average Bonchev–Trinajstić information content (AvgIpc) is 2.60. The highest BCUT2D eigenvalue weighted by atomic mass is 35.5. The van der Waals surface area contributed by atoms with E-state index in [1.54, 1.807) is 48.5 Å². The lowest BCUT2D eigenvalue weighted by atomic mass is 10.2. The van der Waals surface area contributed by atoms with Gasteiger partial charge >= 0.3 is 12.0 Å². The molecule has 0 aliphatic rings. The third-order valence-corrected chi connectivity index (χ3v) is 3.29. The number of benzene rings is 2. The van der Waals surface area contributed by atoms with E-state index in [2.05, 4.69) is 15.4 Å². The van der Waals surface area contributed by atoms with E-state index in [1.807, 2.05) is 0 Å². The number of anilines is 1. The summed E-state index contributed by atoms with van der Waals surface area (Å²) < 4.78 is 10.1. The second-order valence-corrected chi connectivity index (χ2v) is 5.19. The Balaban J connectivity index is 1.71. The number of halogens is 1. The molecule has 24 heavy (non-hydrogen) atoms. The van der Waals surface area contributed by atoms with Crippen molar-refractivity contribution in [2.24, 2.45) is 0 Å². The molecule has 2 amide bonds. The van der Waals surface area contributed by atoms with Gasteiger partial charge < -0.3 is 20.1 Å². The van der Waals surface area contributed by atoms with Crippen molar-refractivity contribution in [2.45, 2.75) is 0 Å². The molecule has 7 heteroatoms. The van der Waals surface area contributed by atoms with Crippen LogP contribution in [0.1, 0.15) is 10.4 Å². The molecule has 2 N–H and O–H groups in total. The summed E-state index contributed by atoms with van der Waals surface area (Å²) in [6.45, 7) is 0.672. The number of rotatable bonds is 6. The molecule has 0 bridgehead atoms. The number of nitrogens with one attached hydrogen (secondary N) is 2. The third kappa shape index (κ3) is 5.48. The third-order valence-electron chi connectivity index (χ3n) is 3.03. The van der Waals surface area contributed by atoms with Crippen molar-refractivity contribution in [3.8, 4) is 5.75 Å². The fourth-order valence-corrected chi connectivity index (χ4v) is 1.97. The molecule has 0 radical (unpaired) electrons. The van der Waals surface area contributed by atoms with Gasteiger partial charge in [-0.1, -0.05) is 11.6 Å². The largest absolute Gasteiger partial charge is 0.492 e. The van der Waals surface area contributed by atoms with Crippen LogP contribution >= 0.6 is 11.6 Å². The summed E-state index contributed by atoms with van der Waals surface area (Å²) in [5.41, 5.74) is 0.985. The minimum atomic E-state index is -0.426. The van der Waals surface area contributed by atoms with Crippen molar-refractivity contribution < 1.29 is 19.1 Å². The average molecular weight is 349 g/mol. The Morgan fingerprint density at radius 3 is 2.33 bits per heavy atom. The number of hydrogen-bond donors (Lipinski definition) is 2. The first kappa shape index (κ1) is 17.6. The van der Waals surface area contributed by atoms with Gasteiger partial charge in [0.05, 0.1) is 19.2 Å². The van der Waals surface area contributed by atoms with Crippen LogP contribution in [-0.2, 0) is 4.74 Å². The molecule has 0 aliphatic carbocycles. The van der Waals surface area contributed by atoms with Gasteiger partial charge in [-0.3, -0.25) is 0 Å². The van der Waals surface area contributed by atoms with Gasteiger partial charge in [-0.2, -0.15) is 0 Å². The summed E-state index contributed by atoms with van der Waals surface area (Å²) >= 11 is 5.78. The van der Waals surface area contributed by atoms with Crippen molar-refractivity contribution in [1.82, 2.24) is 5.32 Å². The number of amides is 2. The van der Waals surface area contributed by atoms with E-state index in [0.29, 0.717) is 35.2 Å². The molecule has 0 fully saturated rings. The lowest BCUT2D eigenvalue weighted by molar-refractivity contribution is 0.0601. The molecule has 0 unspecified atom stereocenters. The topological polar surface area (TPSA) is 76.7 Å². The lowest BCUT2D eigenvalue weighted by Crippen LogP contribution is -2.32. The van der Waals surface area contributed by atoms with Crippen LogP contribution in [0, 0.1) is 0 Å². The second kappa shape index (κ2) is 8.79. The van der Waals surface area contributed by atoms with Crippen molar-refractivity contribution in [3.63, 3.8) is 0 Å². The van der Waals surface area contributed by atoms with Gasteiger partial charge in [0.15, 0.2) is 0 Å². The zero-order valence-electron chi connectivity index (χ0n) is 13.0. The van der Waals surface area contributed by atoms with Crippen LogP contribution in [0.25, 0.3) is 0 Å². The summed E-state index contributed by atoms with van der Waals surface area (Å²) in [7, 11) is 1.31. The van der Waals surface area contributed by atoms with E-state index in [-0.39, 0.29) is 6.03 Å². The quantitative estimate of drug-likeness (QED) is 0.620. The SMILES string of the molecule is COC(=O)c1ccc(NC(=O)NCCOc2ccc(Cl)cc2)cc1. The molecule has 0 saturated carbocycles. The molecule has 6 nitrogen and oxygen atoms in total. The van der Waals surface area contributed by atoms with Gasteiger partial charge in [0.25, 0.3) is 0 Å². The molecule has 0 aromatic heterocycles. The van der Waals surface area contributed by atoms with Crippen LogP contribution in [-0.4, -0.2) is 32.3 Å². The molecule has 0 spiro atoms. The molecule has 0 saturated heterocycles. The van der Waals surface area contributed by atoms with E-state index in [9.17, 15) is 9.59 Å². The van der Waals surface area contributed by atoms with E-state index >= 15 is 0 Å². The van der Waals surface area contributed by atoms with Crippen molar-refractivity contribution in [2.75, 3.05) is 25.6 Å². The number of carbonyl (C=O) groups is 2. The van der Waals surface area contributed by atoms with Crippen molar-refractivity contribution in [1.29, 1.82) is 0 Å². The van der Waals surface area contributed by atoms with Crippen LogP contribution in [0.5, 0.6) is 5.75 Å². The van der Waals surface area contributed by atoms with E-state index in [4.69, 9.17) is 16.3 Å². The lowest BCUT2D eigenvalue weighted by Gasteiger charge is -2.09. The number of esters is 1. The Morgan fingerprint density at radius 2 is 1.71 bits per heavy atom. The number of urea groups is 1. The zero-order chi connectivity index (χ0) is 17.4. The Labute approximate surface area is 144 Å². The fourth-order valence-electron chi connectivity index (χ4n) is 1.85. The smallest absolute Gasteiger partial charge is 0.337 e. The zero-order valence-corrected chi connectivity index (χ0v) is 13.8. The summed E-state index contributed by atoms with van der Waals surface area (Å²) in [5, 5.41) is 5.96. The summed E-state index contributed by atoms with van der Waals surface area (Å²) in [6.07, 6.45) is 0. The second-order valence-electron chi connectivity index (χ2n) is 4.75. The predicted octanol–water partition coefficient (Wildman–Crippen LogP) is 3.33. The van der Waals surface area contributed by atoms with Gasteiger partial charge in [0.1, 0.15) is 12.4 Å². The Morgan fingerprint density at radius 1 is 1.04 bits per heavy atom. The molecule has 2 aromatic carbocycles. The molecular formula is C17H17ClN2O4. The standard InChI is InChI=1S/C17H17ClN2O4/c1-23-16(21)12-2-6-14(7-3-12)20-17(22)19-10-11-24-15-8-4-13(18)5-9-15/h2-9H,10-11H2,1H3,(H2,19,20,22). The number of ether oxygens (including phenoxy) is 2. The van der Waals surface area contributed by atoms with E-state index < -0.39 is 5.97 Å². The summed E-state index contributed by atoms with van der Waals surface area (Å²) in [4.78, 5) is 23.1. The van der Waals surface area contributed by atoms with Crippen molar-refractivity contribution in [3.05, 3.63) is 59.1 Å². The monoisotopic (exact) mass is 348 g/mol. The molecule has 0 aliphatic heterocycles. The molecule has 2 aromatic rings. The predicted molar refractivity (Wildman–Crippen MR) is 91.7 cm³/mol. The maximum Gasteiger partial charge on any atom is 0.337 e. The highest BCUT2D eigenvalue weighted by molar-refractivity contribution is 6.30. The van der Waals surface area contributed by atoms with Crippen LogP contribution in [0.3, 0.4) is 0 Å². The first-order valence-corrected chi connectivity index (χ1v) is 7.58. The summed E-state index contributed by atoms with van der Waals surface area (Å²) in [6, 6.07) is 13.0. The number of carbonyl (C=O) groups excluding carboxylic acids is 2. The van der Waals surface area contributed by atoms with Gasteiger partial charge in [-0.25, -0.2) is 9.59 Å². The minimum Gasteiger partial charge on any atom is -0.492 e. The number of methoxy groups -OCH3 is 1. The first-order valence-electron chi connectivity index (χ1n) is 7.20. The molecular weight excluding hydrogens is 332 g/mol. The minimum absolute atomic E-state index is 0.330. The van der Waals surface area contributed by atoms with Gasteiger partial charge in [-0.05, 0) is 48.5 Å². The normalized spacial score (nSPS) is 9.92. The molecule has 126 valence electrons. The van der Waals surface area contributed by atoms with E-state index in [1.165, 1.54) is 7.11 Å². The molecule has 0 atom stereocenters. The highest BCUT2D eigenvalue weighted by Crippen LogP contribution is 2.15. The highest BCUT2D eigenvalue weighted by Gasteiger charge is 2.06. The van der Waals surface area contributed by atoms with Gasteiger partial charge in [0, 0.05) is 10.7 Å². The Kier molecular flexibility index (Phi) is 6.45. The maximum absolute atomic E-state index is 11.8. The van der Waals surface area contributed by atoms with Gasteiger partial charge in [-0.15, -0.1) is 0 Å². The van der Waals surface area contributed by atoms with Crippen LogP contribution in [0.2, 0.25) is 5.02 Å². The van der Waals surface area contributed by atoms with Crippen LogP contribution in [0.15, 0.2) is 48.5 Å².